The maximum absolute atomic E-state index is 12.6. The van der Waals surface area contributed by atoms with E-state index in [4.69, 9.17) is 10.1 Å². The van der Waals surface area contributed by atoms with Gasteiger partial charge in [0.25, 0.3) is 0 Å². The van der Waals surface area contributed by atoms with E-state index in [0.717, 1.165) is 17.0 Å². The molecule has 7 heteroatoms. The Labute approximate surface area is 180 Å². The van der Waals surface area contributed by atoms with Crippen LogP contribution >= 0.6 is 0 Å². The van der Waals surface area contributed by atoms with Crippen LogP contribution in [0.1, 0.15) is 51.5 Å². The van der Waals surface area contributed by atoms with Crippen LogP contribution in [0.15, 0.2) is 40.4 Å². The van der Waals surface area contributed by atoms with E-state index in [0.29, 0.717) is 25.7 Å². The van der Waals surface area contributed by atoms with Crippen molar-refractivity contribution < 1.29 is 19.5 Å². The number of fused-ring (bicyclic) bond motifs is 1. The first kappa shape index (κ1) is 22.1. The lowest BCUT2D eigenvalue weighted by atomic mass is 9.61. The van der Waals surface area contributed by atoms with E-state index < -0.39 is 34.8 Å². The topological polar surface area (TPSA) is 131 Å². The number of nitriles is 2. The van der Waals surface area contributed by atoms with E-state index >= 15 is 0 Å². The van der Waals surface area contributed by atoms with Crippen LogP contribution in [0.2, 0.25) is 0 Å². The summed E-state index contributed by atoms with van der Waals surface area (Å²) in [5, 5.41) is 27.4. The molecule has 31 heavy (non-hydrogen) atoms. The van der Waals surface area contributed by atoms with Gasteiger partial charge in [-0.25, -0.2) is 0 Å². The molecule has 2 atom stereocenters. The number of aliphatic carboxylic acids is 1. The van der Waals surface area contributed by atoms with Crippen LogP contribution in [0.3, 0.4) is 0 Å². The Kier molecular flexibility index (Phi) is 6.17. The summed E-state index contributed by atoms with van der Waals surface area (Å²) in [5.41, 5.74) is 1.77. The van der Waals surface area contributed by atoms with Crippen LogP contribution in [0.5, 0.6) is 0 Å². The number of carbonyl (C=O) groups excluding carboxylic acids is 2. The van der Waals surface area contributed by atoms with Crippen molar-refractivity contribution in [2.45, 2.75) is 51.4 Å². The summed E-state index contributed by atoms with van der Waals surface area (Å²) in [5.74, 6) is -3.53. The molecular formula is C24H23N3O4. The molecular weight excluding hydrogens is 394 g/mol. The lowest BCUT2D eigenvalue weighted by Crippen LogP contribution is -2.50. The highest BCUT2D eigenvalue weighted by molar-refractivity contribution is 6.54. The quantitative estimate of drug-likeness (QED) is 0.296. The summed E-state index contributed by atoms with van der Waals surface area (Å²) in [6, 6.07) is 11.2. The van der Waals surface area contributed by atoms with Crippen molar-refractivity contribution in [3.8, 4) is 12.1 Å². The lowest BCUT2D eigenvalue weighted by Gasteiger charge is -2.38. The standard InChI is InChI=1S/C24H23N3O4/c1-24(2)16-9-6-7-10-17(16)27-23(24)15(8-4-3-5-11-18(28)29)20-19(14(12-25)13-26)21(30)22(20)31/h6-7,9-10,15,20H,3-5,8,11H2,1-2H3,(H,28,29). The number of carbonyl (C=O) groups is 3. The number of hydrogen-bond donors (Lipinski definition) is 1. The fraction of sp³-hybridized carbons (Fsp3) is 0.417. The molecule has 7 nitrogen and oxygen atoms in total. The molecule has 0 bridgehead atoms. The molecule has 0 amide bonds. The fourth-order valence-corrected chi connectivity index (χ4v) is 4.60. The summed E-state index contributed by atoms with van der Waals surface area (Å²) >= 11 is 0. The zero-order chi connectivity index (χ0) is 22.8. The Bertz CT molecular complexity index is 1080. The van der Waals surface area contributed by atoms with Crippen molar-refractivity contribution >= 4 is 28.9 Å². The van der Waals surface area contributed by atoms with Crippen LogP contribution in [-0.4, -0.2) is 28.4 Å². The molecule has 1 aromatic rings. The molecule has 1 heterocycles. The highest BCUT2D eigenvalue weighted by Gasteiger charge is 2.54. The zero-order valence-corrected chi connectivity index (χ0v) is 17.5. The number of ketones is 2. The van der Waals surface area contributed by atoms with Gasteiger partial charge in [0.15, 0.2) is 0 Å². The molecule has 2 aliphatic rings. The van der Waals surface area contributed by atoms with Gasteiger partial charge >= 0.3 is 5.97 Å². The minimum atomic E-state index is -0.867. The Hall–Kier alpha value is -3.58. The Morgan fingerprint density at radius 3 is 2.45 bits per heavy atom. The number of rotatable bonds is 8. The number of nitrogens with zero attached hydrogens (tertiary/aromatic N) is 3. The molecule has 0 spiro atoms. The van der Waals surface area contributed by atoms with Gasteiger partial charge in [-0.2, -0.15) is 10.5 Å². The second-order valence-corrected chi connectivity index (χ2v) is 8.42. The third kappa shape index (κ3) is 3.92. The van der Waals surface area contributed by atoms with Crippen molar-refractivity contribution in [3.63, 3.8) is 0 Å². The molecule has 2 unspecified atom stereocenters. The van der Waals surface area contributed by atoms with Gasteiger partial charge in [-0.1, -0.05) is 44.9 Å². The Balaban J connectivity index is 1.97. The first-order chi connectivity index (χ1) is 14.7. The van der Waals surface area contributed by atoms with Gasteiger partial charge in [-0.05, 0) is 24.5 Å². The highest BCUT2D eigenvalue weighted by atomic mass is 16.4. The van der Waals surface area contributed by atoms with Gasteiger partial charge in [0, 0.05) is 29.0 Å². The fourth-order valence-electron chi connectivity index (χ4n) is 4.60. The number of carboxylic acids is 1. The number of para-hydroxylation sites is 1. The zero-order valence-electron chi connectivity index (χ0n) is 17.5. The first-order valence-corrected chi connectivity index (χ1v) is 10.3. The van der Waals surface area contributed by atoms with Gasteiger partial charge in [-0.3, -0.25) is 19.4 Å². The van der Waals surface area contributed by atoms with Gasteiger partial charge in [0.05, 0.1) is 11.6 Å². The summed E-state index contributed by atoms with van der Waals surface area (Å²) in [4.78, 5) is 40.5. The van der Waals surface area contributed by atoms with E-state index in [1.54, 1.807) is 12.1 Å². The molecule has 1 aromatic carbocycles. The van der Waals surface area contributed by atoms with E-state index in [1.807, 2.05) is 38.1 Å². The van der Waals surface area contributed by atoms with Gasteiger partial charge < -0.3 is 5.11 Å². The van der Waals surface area contributed by atoms with Gasteiger partial charge in [-0.15, -0.1) is 0 Å². The number of benzene rings is 1. The van der Waals surface area contributed by atoms with Gasteiger partial charge in [0.2, 0.25) is 11.6 Å². The van der Waals surface area contributed by atoms with Crippen LogP contribution in [0.4, 0.5) is 5.69 Å². The van der Waals surface area contributed by atoms with Crippen molar-refractivity contribution in [1.29, 1.82) is 10.5 Å². The number of aliphatic imine (C=N–C) groups is 1. The number of unbranched alkanes of at least 4 members (excludes halogenated alkanes) is 2. The minimum absolute atomic E-state index is 0.0139. The van der Waals surface area contributed by atoms with Crippen LogP contribution in [-0.2, 0) is 19.8 Å². The molecule has 1 aliphatic carbocycles. The van der Waals surface area contributed by atoms with E-state index in [2.05, 4.69) is 0 Å². The van der Waals surface area contributed by atoms with Crippen molar-refractivity contribution in [2.24, 2.45) is 16.8 Å². The van der Waals surface area contributed by atoms with Crippen LogP contribution in [0, 0.1) is 34.5 Å². The summed E-state index contributed by atoms with van der Waals surface area (Å²) in [7, 11) is 0. The number of hydrogen-bond acceptors (Lipinski definition) is 6. The summed E-state index contributed by atoms with van der Waals surface area (Å²) < 4.78 is 0. The Morgan fingerprint density at radius 1 is 1.16 bits per heavy atom. The largest absolute Gasteiger partial charge is 0.481 e. The number of Topliss-reactive ketones (excluding diaryl/α,β-unsaturated/α-hetero) is 2. The molecule has 1 fully saturated rings. The average molecular weight is 417 g/mol. The van der Waals surface area contributed by atoms with Crippen molar-refractivity contribution in [1.82, 2.24) is 0 Å². The second kappa shape index (κ2) is 8.65. The summed E-state index contributed by atoms with van der Waals surface area (Å²) in [6.45, 7) is 4.03. The average Bonchev–Trinajstić information content (AvgIpc) is 3.02. The lowest BCUT2D eigenvalue weighted by molar-refractivity contribution is -0.142. The molecule has 1 N–H and O–H groups in total. The van der Waals surface area contributed by atoms with Crippen molar-refractivity contribution in [3.05, 3.63) is 41.0 Å². The monoisotopic (exact) mass is 417 g/mol. The molecule has 1 saturated carbocycles. The molecule has 0 aromatic heterocycles. The highest BCUT2D eigenvalue weighted by Crippen LogP contribution is 2.48. The van der Waals surface area contributed by atoms with Crippen LogP contribution < -0.4 is 0 Å². The first-order valence-electron chi connectivity index (χ1n) is 10.3. The van der Waals surface area contributed by atoms with Crippen LogP contribution in [0.25, 0.3) is 0 Å². The van der Waals surface area contributed by atoms with Gasteiger partial charge in [0.1, 0.15) is 17.7 Å². The normalized spacial score (nSPS) is 19.5. The predicted octanol–water partition coefficient (Wildman–Crippen LogP) is 3.81. The molecule has 158 valence electrons. The number of allylic oxidation sites excluding steroid dienone is 2. The summed E-state index contributed by atoms with van der Waals surface area (Å²) in [6.07, 6.45) is 2.39. The second-order valence-electron chi connectivity index (χ2n) is 8.42. The predicted molar refractivity (Wildman–Crippen MR) is 113 cm³/mol. The smallest absolute Gasteiger partial charge is 0.303 e. The third-order valence-electron chi connectivity index (χ3n) is 6.17. The van der Waals surface area contributed by atoms with Crippen molar-refractivity contribution in [2.75, 3.05) is 0 Å². The molecule has 0 saturated heterocycles. The number of carboxylic acid groups (broad SMARTS) is 1. The SMILES string of the molecule is CC1(C)C(C(CCCCCC(=O)O)C2C(=O)C(=O)C2=C(C#N)C#N)=Nc2ccccc21. The minimum Gasteiger partial charge on any atom is -0.481 e. The molecule has 1 aliphatic heterocycles. The van der Waals surface area contributed by atoms with E-state index in [-0.39, 0.29) is 17.6 Å². The molecule has 3 rings (SSSR count). The molecule has 0 radical (unpaired) electrons. The maximum Gasteiger partial charge on any atom is 0.303 e. The maximum atomic E-state index is 12.6. The van der Waals surface area contributed by atoms with E-state index in [1.165, 1.54) is 0 Å². The van der Waals surface area contributed by atoms with E-state index in [9.17, 15) is 24.9 Å². The Morgan fingerprint density at radius 2 is 1.84 bits per heavy atom. The third-order valence-corrected chi connectivity index (χ3v) is 6.17.